The van der Waals surface area contributed by atoms with Crippen molar-refractivity contribution in [3.8, 4) is 5.69 Å². The molecular weight excluding hydrogens is 476 g/mol. The molecule has 0 aliphatic carbocycles. The summed E-state index contributed by atoms with van der Waals surface area (Å²) in [5, 5.41) is 4.19. The second-order valence-electron chi connectivity index (χ2n) is 10.3. The number of amides is 2. The van der Waals surface area contributed by atoms with E-state index in [2.05, 4.69) is 16.6 Å². The van der Waals surface area contributed by atoms with Crippen molar-refractivity contribution in [3.05, 3.63) is 54.0 Å². The molecule has 4 rings (SSSR count). The van der Waals surface area contributed by atoms with Gasteiger partial charge >= 0.3 is 6.09 Å². The monoisotopic (exact) mass is 512 g/mol. The molecule has 2 aliphatic rings. The molecule has 2 unspecified atom stereocenters. The number of allylic oxidation sites excluding steroid dienone is 1. The summed E-state index contributed by atoms with van der Waals surface area (Å²) < 4.78 is 19.3. The van der Waals surface area contributed by atoms with E-state index in [0.717, 1.165) is 36.3 Å². The second kappa shape index (κ2) is 10.8. The van der Waals surface area contributed by atoms with Crippen LogP contribution in [-0.2, 0) is 14.2 Å². The van der Waals surface area contributed by atoms with Gasteiger partial charge in [-0.25, -0.2) is 9.48 Å². The van der Waals surface area contributed by atoms with Gasteiger partial charge in [-0.1, -0.05) is 18.7 Å². The van der Waals surface area contributed by atoms with Gasteiger partial charge < -0.3 is 35.5 Å². The molecule has 2 amide bonds. The molecule has 2 aromatic rings. The van der Waals surface area contributed by atoms with E-state index in [1.54, 1.807) is 11.1 Å². The molecule has 0 radical (unpaired) electrons. The van der Waals surface area contributed by atoms with Crippen molar-refractivity contribution in [2.24, 2.45) is 5.73 Å². The maximum atomic E-state index is 12.5. The fourth-order valence-electron chi connectivity index (χ4n) is 4.42. The van der Waals surface area contributed by atoms with E-state index in [1.165, 1.54) is 4.68 Å². The topological polar surface area (TPSA) is 138 Å². The zero-order valence-electron chi connectivity index (χ0n) is 21.7. The van der Waals surface area contributed by atoms with Crippen LogP contribution in [0.2, 0.25) is 0 Å². The number of carbonyl (C=O) groups is 2. The van der Waals surface area contributed by atoms with Gasteiger partial charge in [0.05, 0.1) is 43.4 Å². The van der Waals surface area contributed by atoms with Crippen LogP contribution < -0.4 is 11.5 Å². The fraction of sp³-hybridized carbons (Fsp3) is 0.500. The van der Waals surface area contributed by atoms with Crippen LogP contribution in [0.4, 0.5) is 10.5 Å². The van der Waals surface area contributed by atoms with Crippen LogP contribution in [0, 0.1) is 0 Å². The molecule has 200 valence electrons. The van der Waals surface area contributed by atoms with Crippen LogP contribution in [0.3, 0.4) is 0 Å². The van der Waals surface area contributed by atoms with Crippen molar-refractivity contribution in [3.63, 3.8) is 0 Å². The van der Waals surface area contributed by atoms with Gasteiger partial charge in [-0.2, -0.15) is 5.10 Å². The minimum absolute atomic E-state index is 0.0339. The molecule has 0 bridgehead atoms. The lowest BCUT2D eigenvalue weighted by Gasteiger charge is -2.36. The lowest BCUT2D eigenvalue weighted by atomic mass is 10.1. The highest BCUT2D eigenvalue weighted by Crippen LogP contribution is 2.33. The van der Waals surface area contributed by atoms with Crippen molar-refractivity contribution in [2.75, 3.05) is 38.6 Å². The highest BCUT2D eigenvalue weighted by atomic mass is 16.6. The van der Waals surface area contributed by atoms with Crippen LogP contribution in [0.5, 0.6) is 0 Å². The second-order valence-corrected chi connectivity index (χ2v) is 10.3. The number of benzene rings is 1. The molecule has 2 aliphatic heterocycles. The molecule has 37 heavy (non-hydrogen) atoms. The largest absolute Gasteiger partial charge is 0.444 e. The number of anilines is 1. The van der Waals surface area contributed by atoms with Crippen molar-refractivity contribution in [1.29, 1.82) is 0 Å². The molecule has 11 heteroatoms. The van der Waals surface area contributed by atoms with E-state index in [1.807, 2.05) is 45.0 Å². The number of likely N-dealkylation sites (tertiary alicyclic amines) is 1. The van der Waals surface area contributed by atoms with Gasteiger partial charge in [-0.3, -0.25) is 4.79 Å². The Hall–Kier alpha value is -3.57. The molecule has 2 atom stereocenters. The predicted molar refractivity (Wildman–Crippen MR) is 138 cm³/mol. The third-order valence-corrected chi connectivity index (χ3v) is 6.20. The van der Waals surface area contributed by atoms with E-state index in [-0.39, 0.29) is 29.8 Å². The Morgan fingerprint density at radius 2 is 1.97 bits per heavy atom. The fourth-order valence-corrected chi connectivity index (χ4v) is 4.42. The number of aromatic nitrogens is 2. The Morgan fingerprint density at radius 1 is 1.24 bits per heavy atom. The zero-order valence-corrected chi connectivity index (χ0v) is 21.7. The first kappa shape index (κ1) is 26.5. The lowest BCUT2D eigenvalue weighted by molar-refractivity contribution is -0.113. The van der Waals surface area contributed by atoms with Crippen LogP contribution in [0.25, 0.3) is 5.69 Å². The smallest absolute Gasteiger partial charge is 0.410 e. The number of rotatable bonds is 7. The number of hydrogen-bond acceptors (Lipinski definition) is 8. The molecule has 3 heterocycles. The standard InChI is InChI=1S/C26H36N6O5/c1-17-6-5-11-31(17)24(36-16-20-14-30(12-13-35-20)25(34)37-26(2,3)4)18-7-9-19(10-8-18)32-15-21(27)22(29-32)23(28)33/h7-10,15,20,24H,1,5-6,11-14,16,27H2,2-4H3,(H2,28,33). The number of nitrogens with zero attached hydrogens (tertiary/aromatic N) is 4. The molecule has 1 aromatic heterocycles. The summed E-state index contributed by atoms with van der Waals surface area (Å²) in [5.74, 6) is -0.677. The van der Waals surface area contributed by atoms with Crippen molar-refractivity contribution in [1.82, 2.24) is 19.6 Å². The predicted octanol–water partition coefficient (Wildman–Crippen LogP) is 2.81. The summed E-state index contributed by atoms with van der Waals surface area (Å²) in [5.41, 5.74) is 13.6. The van der Waals surface area contributed by atoms with Gasteiger partial charge in [0.2, 0.25) is 0 Å². The lowest BCUT2D eigenvalue weighted by Crippen LogP contribution is -2.49. The average Bonchev–Trinajstić information content (AvgIpc) is 3.44. The first-order valence-corrected chi connectivity index (χ1v) is 12.4. The zero-order chi connectivity index (χ0) is 26.7. The average molecular weight is 513 g/mol. The Kier molecular flexibility index (Phi) is 7.74. The number of primary amides is 1. The molecule has 1 aromatic carbocycles. The number of carbonyl (C=O) groups excluding carboxylic acids is 2. The van der Waals surface area contributed by atoms with Crippen molar-refractivity contribution < 1.29 is 23.8 Å². The number of hydrogen-bond donors (Lipinski definition) is 2. The Balaban J connectivity index is 1.46. The SMILES string of the molecule is C=C1CCCN1C(OCC1CN(C(=O)OC(C)(C)C)CCO1)c1ccc(-n2cc(N)c(C(N)=O)n2)cc1. The van der Waals surface area contributed by atoms with Gasteiger partial charge in [-0.05, 0) is 45.7 Å². The minimum atomic E-state index is -0.677. The van der Waals surface area contributed by atoms with Crippen LogP contribution in [-0.4, -0.2) is 76.1 Å². The van der Waals surface area contributed by atoms with Gasteiger partial charge in [0.25, 0.3) is 5.91 Å². The Bertz CT molecular complexity index is 1140. The molecule has 0 spiro atoms. The Morgan fingerprint density at radius 3 is 2.57 bits per heavy atom. The summed E-state index contributed by atoms with van der Waals surface area (Å²) in [6, 6.07) is 7.65. The summed E-state index contributed by atoms with van der Waals surface area (Å²) >= 11 is 0. The molecular formula is C26H36N6O5. The van der Waals surface area contributed by atoms with Gasteiger partial charge in [0.1, 0.15) is 5.60 Å². The number of ether oxygens (including phenoxy) is 3. The maximum absolute atomic E-state index is 12.5. The van der Waals surface area contributed by atoms with Crippen molar-refractivity contribution in [2.45, 2.75) is 51.5 Å². The number of nitrogen functional groups attached to an aromatic ring is 1. The highest BCUT2D eigenvalue weighted by molar-refractivity contribution is 5.95. The summed E-state index contributed by atoms with van der Waals surface area (Å²) in [4.78, 5) is 27.9. The maximum Gasteiger partial charge on any atom is 0.410 e. The summed E-state index contributed by atoms with van der Waals surface area (Å²) in [7, 11) is 0. The van der Waals surface area contributed by atoms with Crippen LogP contribution in [0.1, 0.15) is 55.9 Å². The third kappa shape index (κ3) is 6.41. The van der Waals surface area contributed by atoms with E-state index in [9.17, 15) is 9.59 Å². The van der Waals surface area contributed by atoms with E-state index in [4.69, 9.17) is 25.7 Å². The van der Waals surface area contributed by atoms with Gasteiger partial charge in [-0.15, -0.1) is 0 Å². The third-order valence-electron chi connectivity index (χ3n) is 6.20. The summed E-state index contributed by atoms with van der Waals surface area (Å²) in [6.07, 6.45) is 2.48. The van der Waals surface area contributed by atoms with E-state index < -0.39 is 11.5 Å². The van der Waals surface area contributed by atoms with Crippen molar-refractivity contribution >= 4 is 17.7 Å². The first-order chi connectivity index (χ1) is 17.5. The molecule has 4 N–H and O–H groups in total. The van der Waals surface area contributed by atoms with Gasteiger partial charge in [0.15, 0.2) is 11.9 Å². The Labute approximate surface area is 216 Å². The van der Waals surface area contributed by atoms with Crippen LogP contribution in [0.15, 0.2) is 42.7 Å². The quantitative estimate of drug-likeness (QED) is 0.578. The molecule has 0 saturated carbocycles. The first-order valence-electron chi connectivity index (χ1n) is 12.4. The summed E-state index contributed by atoms with van der Waals surface area (Å²) in [6.45, 7) is 12.2. The normalized spacial score (nSPS) is 19.2. The van der Waals surface area contributed by atoms with E-state index >= 15 is 0 Å². The van der Waals surface area contributed by atoms with E-state index in [0.29, 0.717) is 26.3 Å². The molecule has 2 fully saturated rings. The van der Waals surface area contributed by atoms with Gasteiger partial charge in [0, 0.05) is 24.4 Å². The highest BCUT2D eigenvalue weighted by Gasteiger charge is 2.31. The molecule has 2 saturated heterocycles. The number of morpholine rings is 1. The molecule has 11 nitrogen and oxygen atoms in total. The van der Waals surface area contributed by atoms with Crippen LogP contribution >= 0.6 is 0 Å². The number of nitrogens with two attached hydrogens (primary N) is 2. The minimum Gasteiger partial charge on any atom is -0.444 e.